The lowest BCUT2D eigenvalue weighted by atomic mass is 10.1. The fourth-order valence-electron chi connectivity index (χ4n) is 1.33. The molecule has 0 bridgehead atoms. The molecule has 0 aromatic carbocycles. The van der Waals surface area contributed by atoms with Gasteiger partial charge in [-0.15, -0.1) is 0 Å². The lowest BCUT2D eigenvalue weighted by Crippen LogP contribution is -2.39. The van der Waals surface area contributed by atoms with Gasteiger partial charge in [-0.25, -0.2) is 5.01 Å². The normalized spacial score (nSPS) is 16.4. The van der Waals surface area contributed by atoms with Gasteiger partial charge in [-0.3, -0.25) is 9.59 Å². The van der Waals surface area contributed by atoms with E-state index in [1.165, 1.54) is 12.1 Å². The van der Waals surface area contributed by atoms with Crippen LogP contribution in [0.5, 0.6) is 0 Å². The summed E-state index contributed by atoms with van der Waals surface area (Å²) in [7, 11) is 3.22. The van der Waals surface area contributed by atoms with Crippen molar-refractivity contribution in [3.8, 4) is 0 Å². The molecule has 92 valence electrons. The Morgan fingerprint density at radius 1 is 1.53 bits per heavy atom. The summed E-state index contributed by atoms with van der Waals surface area (Å²) < 4.78 is 0. The molecule has 1 aliphatic rings. The van der Waals surface area contributed by atoms with Crippen molar-refractivity contribution >= 4 is 17.5 Å². The first-order chi connectivity index (χ1) is 8.08. The molecule has 0 aliphatic carbocycles. The van der Waals surface area contributed by atoms with Crippen LogP contribution in [0.15, 0.2) is 29.7 Å². The number of hydrazone groups is 1. The zero-order chi connectivity index (χ0) is 12.8. The third kappa shape index (κ3) is 3.44. The minimum atomic E-state index is -0.313. The van der Waals surface area contributed by atoms with Gasteiger partial charge in [0.05, 0.1) is 0 Å². The van der Waals surface area contributed by atoms with Crippen LogP contribution in [-0.4, -0.2) is 36.6 Å². The number of rotatable bonds is 4. The van der Waals surface area contributed by atoms with E-state index in [-0.39, 0.29) is 11.8 Å². The summed E-state index contributed by atoms with van der Waals surface area (Å²) in [5.41, 5.74) is 0.345. The smallest absolute Gasteiger partial charge is 0.272 e. The molecule has 1 heterocycles. The number of allylic oxidation sites excluding steroid dienone is 2. The van der Waals surface area contributed by atoms with Gasteiger partial charge in [0.2, 0.25) is 5.91 Å². The van der Waals surface area contributed by atoms with E-state index in [4.69, 9.17) is 0 Å². The molecule has 6 nitrogen and oxygen atoms in total. The first-order valence-electron chi connectivity index (χ1n) is 5.24. The number of amides is 2. The summed E-state index contributed by atoms with van der Waals surface area (Å²) in [4.78, 5) is 23.0. The maximum atomic E-state index is 11.8. The number of nitrogens with one attached hydrogen (secondary N) is 2. The molecule has 0 saturated carbocycles. The number of carbonyl (C=O) groups is 2. The second-order valence-corrected chi connectivity index (χ2v) is 3.48. The third-order valence-electron chi connectivity index (χ3n) is 2.27. The minimum Gasteiger partial charge on any atom is -0.375 e. The highest BCUT2D eigenvalue weighted by atomic mass is 16.2. The molecule has 1 aliphatic heterocycles. The average molecular weight is 236 g/mol. The van der Waals surface area contributed by atoms with Crippen LogP contribution in [0, 0.1) is 0 Å². The molecule has 0 aromatic rings. The quantitative estimate of drug-likeness (QED) is 0.672. The van der Waals surface area contributed by atoms with Crippen molar-refractivity contribution in [2.24, 2.45) is 5.10 Å². The van der Waals surface area contributed by atoms with Gasteiger partial charge in [0.25, 0.3) is 5.91 Å². The Labute approximate surface area is 100 Å². The maximum absolute atomic E-state index is 11.8. The molecule has 0 saturated heterocycles. The molecule has 0 atom stereocenters. The molecule has 17 heavy (non-hydrogen) atoms. The first-order valence-corrected chi connectivity index (χ1v) is 5.24. The van der Waals surface area contributed by atoms with Gasteiger partial charge in [0.1, 0.15) is 11.5 Å². The van der Waals surface area contributed by atoms with Crippen molar-refractivity contribution in [1.82, 2.24) is 15.6 Å². The van der Waals surface area contributed by atoms with Crippen LogP contribution < -0.4 is 10.6 Å². The summed E-state index contributed by atoms with van der Waals surface area (Å²) in [6.45, 7) is 3.54. The van der Waals surface area contributed by atoms with Gasteiger partial charge in [-0.05, 0) is 6.08 Å². The fraction of sp³-hybridized carbons (Fsp3) is 0.364. The molecule has 1 rings (SSSR count). The second kappa shape index (κ2) is 5.83. The van der Waals surface area contributed by atoms with Crippen molar-refractivity contribution < 1.29 is 9.59 Å². The average Bonchev–Trinajstić information content (AvgIpc) is 2.31. The summed E-state index contributed by atoms with van der Waals surface area (Å²) in [5.74, 6) is 0.135. The van der Waals surface area contributed by atoms with Crippen LogP contribution in [0.1, 0.15) is 12.8 Å². The molecule has 2 N–H and O–H groups in total. The van der Waals surface area contributed by atoms with Crippen molar-refractivity contribution in [3.63, 3.8) is 0 Å². The molecule has 0 unspecified atom stereocenters. The zero-order valence-electron chi connectivity index (χ0n) is 9.99. The Balaban J connectivity index is 2.71. The summed E-state index contributed by atoms with van der Waals surface area (Å²) in [6, 6.07) is 0. The van der Waals surface area contributed by atoms with Crippen LogP contribution in [0.3, 0.4) is 0 Å². The lowest BCUT2D eigenvalue weighted by molar-refractivity contribution is -0.130. The minimum absolute atomic E-state index is 0.0861. The van der Waals surface area contributed by atoms with E-state index in [0.717, 1.165) is 0 Å². The van der Waals surface area contributed by atoms with E-state index in [9.17, 15) is 9.59 Å². The Kier molecular flexibility index (Phi) is 4.45. The Morgan fingerprint density at radius 3 is 2.76 bits per heavy atom. The molecular formula is C11H16N4O2. The largest absolute Gasteiger partial charge is 0.375 e. The first kappa shape index (κ1) is 13.0. The molecule has 0 spiro atoms. The van der Waals surface area contributed by atoms with Crippen LogP contribution in [-0.2, 0) is 9.59 Å². The van der Waals surface area contributed by atoms with E-state index < -0.39 is 0 Å². The van der Waals surface area contributed by atoms with Gasteiger partial charge in [-0.2, -0.15) is 5.10 Å². The fourth-order valence-corrected chi connectivity index (χ4v) is 1.33. The molecule has 6 heteroatoms. The van der Waals surface area contributed by atoms with E-state index in [0.29, 0.717) is 24.4 Å². The van der Waals surface area contributed by atoms with E-state index >= 15 is 0 Å². The SMILES string of the molecule is C=C/C=C(\NC)NC(=O)C1=NN(C)C(=O)CC1. The topological polar surface area (TPSA) is 73.8 Å². The number of nitrogens with zero attached hydrogens (tertiary/aromatic N) is 2. The molecule has 2 amide bonds. The predicted octanol–water partition coefficient (Wildman–Crippen LogP) is -0.0424. The molecule has 0 fully saturated rings. The summed E-state index contributed by atoms with van der Waals surface area (Å²) in [6.07, 6.45) is 3.86. The summed E-state index contributed by atoms with van der Waals surface area (Å²) in [5, 5.41) is 10.6. The third-order valence-corrected chi connectivity index (χ3v) is 2.27. The van der Waals surface area contributed by atoms with Crippen LogP contribution in [0.2, 0.25) is 0 Å². The number of carbonyl (C=O) groups excluding carboxylic acids is 2. The van der Waals surface area contributed by atoms with Gasteiger partial charge >= 0.3 is 0 Å². The van der Waals surface area contributed by atoms with Crippen molar-refractivity contribution in [2.75, 3.05) is 14.1 Å². The summed E-state index contributed by atoms with van der Waals surface area (Å²) >= 11 is 0. The van der Waals surface area contributed by atoms with Gasteiger partial charge in [-0.1, -0.05) is 12.7 Å². The van der Waals surface area contributed by atoms with E-state index in [1.807, 2.05) is 0 Å². The Morgan fingerprint density at radius 2 is 2.24 bits per heavy atom. The van der Waals surface area contributed by atoms with E-state index in [1.54, 1.807) is 19.2 Å². The Hall–Kier alpha value is -2.11. The standard InChI is InChI=1S/C11H16N4O2/c1-4-5-9(12-2)13-11(17)8-6-7-10(16)15(3)14-8/h4-5,12H,1,6-7H2,2-3H3,(H,13,17)/b9-5+. The highest BCUT2D eigenvalue weighted by molar-refractivity contribution is 6.39. The molecular weight excluding hydrogens is 220 g/mol. The zero-order valence-corrected chi connectivity index (χ0v) is 9.99. The van der Waals surface area contributed by atoms with Crippen LogP contribution >= 0.6 is 0 Å². The maximum Gasteiger partial charge on any atom is 0.272 e. The molecule has 0 radical (unpaired) electrons. The van der Waals surface area contributed by atoms with Gasteiger partial charge in [0.15, 0.2) is 0 Å². The lowest BCUT2D eigenvalue weighted by Gasteiger charge is -2.19. The van der Waals surface area contributed by atoms with Gasteiger partial charge in [0, 0.05) is 26.9 Å². The second-order valence-electron chi connectivity index (χ2n) is 3.48. The number of hydrogen-bond donors (Lipinski definition) is 2. The monoisotopic (exact) mass is 236 g/mol. The highest BCUT2D eigenvalue weighted by Crippen LogP contribution is 2.07. The molecule has 0 aromatic heterocycles. The Bertz CT molecular complexity index is 398. The van der Waals surface area contributed by atoms with E-state index in [2.05, 4.69) is 22.3 Å². The van der Waals surface area contributed by atoms with Crippen molar-refractivity contribution in [2.45, 2.75) is 12.8 Å². The van der Waals surface area contributed by atoms with Crippen LogP contribution in [0.25, 0.3) is 0 Å². The van der Waals surface area contributed by atoms with Gasteiger partial charge < -0.3 is 10.6 Å². The predicted molar refractivity (Wildman–Crippen MR) is 64.9 cm³/mol. The van der Waals surface area contributed by atoms with Crippen molar-refractivity contribution in [3.05, 3.63) is 24.6 Å². The van der Waals surface area contributed by atoms with Crippen molar-refractivity contribution in [1.29, 1.82) is 0 Å². The highest BCUT2D eigenvalue weighted by Gasteiger charge is 2.22. The number of hydrogen-bond acceptors (Lipinski definition) is 4. The van der Waals surface area contributed by atoms with Crippen LogP contribution in [0.4, 0.5) is 0 Å².